The highest BCUT2D eigenvalue weighted by atomic mass is 32.2. The van der Waals surface area contributed by atoms with Gasteiger partial charge in [-0.25, -0.2) is 0 Å². The summed E-state index contributed by atoms with van der Waals surface area (Å²) in [5, 5.41) is 3.02. The summed E-state index contributed by atoms with van der Waals surface area (Å²) in [4.78, 5) is 12.3. The number of hydrogen-bond acceptors (Lipinski definition) is 4. The Morgan fingerprint density at radius 2 is 2.00 bits per heavy atom. The Hall–Kier alpha value is -1.04. The van der Waals surface area contributed by atoms with Crippen molar-refractivity contribution in [3.8, 4) is 0 Å². The third-order valence-corrected chi connectivity index (χ3v) is 5.56. The van der Waals surface area contributed by atoms with Crippen molar-refractivity contribution in [2.24, 2.45) is 5.73 Å². The maximum atomic E-state index is 12.3. The number of amides is 1. The van der Waals surface area contributed by atoms with Gasteiger partial charge in [-0.3, -0.25) is 4.79 Å². The van der Waals surface area contributed by atoms with Crippen LogP contribution in [-0.4, -0.2) is 36.7 Å². The van der Waals surface area contributed by atoms with Crippen molar-refractivity contribution in [3.05, 3.63) is 35.4 Å². The van der Waals surface area contributed by atoms with Crippen LogP contribution < -0.4 is 11.1 Å². The molecule has 0 aromatic heterocycles. The molecule has 2 rings (SSSR count). The molecule has 5 heteroatoms. The van der Waals surface area contributed by atoms with Gasteiger partial charge in [0.05, 0.1) is 0 Å². The Kier molecular flexibility index (Phi) is 5.67. The van der Waals surface area contributed by atoms with E-state index >= 15 is 0 Å². The highest BCUT2D eigenvalue weighted by Crippen LogP contribution is 2.33. The molecule has 21 heavy (non-hydrogen) atoms. The van der Waals surface area contributed by atoms with Crippen molar-refractivity contribution in [2.45, 2.75) is 30.6 Å². The topological polar surface area (TPSA) is 64.4 Å². The molecule has 1 aliphatic heterocycles. The molecular weight excluding hydrogens is 284 g/mol. The van der Waals surface area contributed by atoms with Crippen molar-refractivity contribution in [1.29, 1.82) is 0 Å². The van der Waals surface area contributed by atoms with E-state index in [1.54, 1.807) is 0 Å². The zero-order valence-electron chi connectivity index (χ0n) is 12.7. The molecule has 0 aliphatic carbocycles. The number of carbonyl (C=O) groups is 1. The van der Waals surface area contributed by atoms with E-state index in [1.807, 2.05) is 43.0 Å². The number of thioether (sulfide) groups is 1. The third kappa shape index (κ3) is 4.22. The first kappa shape index (κ1) is 16.3. The van der Waals surface area contributed by atoms with E-state index in [0.29, 0.717) is 6.54 Å². The van der Waals surface area contributed by atoms with Gasteiger partial charge in [0.1, 0.15) is 6.04 Å². The van der Waals surface area contributed by atoms with Crippen LogP contribution in [0.3, 0.4) is 0 Å². The Labute approximate surface area is 130 Å². The number of benzene rings is 1. The smallest absolute Gasteiger partial charge is 0.241 e. The Morgan fingerprint density at radius 3 is 2.57 bits per heavy atom. The van der Waals surface area contributed by atoms with Gasteiger partial charge in [-0.1, -0.05) is 29.8 Å². The van der Waals surface area contributed by atoms with E-state index in [9.17, 15) is 4.79 Å². The summed E-state index contributed by atoms with van der Waals surface area (Å²) in [6, 6.07) is 7.18. The molecule has 1 saturated heterocycles. The standard InChI is InChI=1S/C16H24N2O2S/c1-12-3-5-13(6-4-12)14(17)15(19)18-11-16(21-2)7-9-20-10-8-16/h3-6,14H,7-11,17H2,1-2H3,(H,18,19). The second-order valence-corrected chi connectivity index (χ2v) is 6.88. The Balaban J connectivity index is 1.92. The van der Waals surface area contributed by atoms with Gasteiger partial charge in [-0.15, -0.1) is 0 Å². The maximum absolute atomic E-state index is 12.3. The van der Waals surface area contributed by atoms with Crippen molar-refractivity contribution < 1.29 is 9.53 Å². The molecule has 4 nitrogen and oxygen atoms in total. The molecule has 0 bridgehead atoms. The van der Waals surface area contributed by atoms with Crippen LogP contribution in [0.15, 0.2) is 24.3 Å². The minimum absolute atomic E-state index is 0.0842. The van der Waals surface area contributed by atoms with Gasteiger partial charge in [-0.2, -0.15) is 11.8 Å². The average Bonchev–Trinajstić information content (AvgIpc) is 2.53. The first-order valence-corrected chi connectivity index (χ1v) is 8.51. The van der Waals surface area contributed by atoms with Crippen molar-refractivity contribution in [1.82, 2.24) is 5.32 Å². The molecular formula is C16H24N2O2S. The lowest BCUT2D eigenvalue weighted by Crippen LogP contribution is -2.46. The number of ether oxygens (including phenoxy) is 1. The fourth-order valence-electron chi connectivity index (χ4n) is 2.48. The lowest BCUT2D eigenvalue weighted by molar-refractivity contribution is -0.122. The molecule has 1 fully saturated rings. The Bertz CT molecular complexity index is 470. The zero-order chi connectivity index (χ0) is 15.3. The number of rotatable bonds is 5. The summed E-state index contributed by atoms with van der Waals surface area (Å²) in [7, 11) is 0. The molecule has 0 radical (unpaired) electrons. The number of hydrogen-bond donors (Lipinski definition) is 2. The fraction of sp³-hybridized carbons (Fsp3) is 0.562. The third-order valence-electron chi connectivity index (χ3n) is 4.14. The molecule has 3 N–H and O–H groups in total. The maximum Gasteiger partial charge on any atom is 0.241 e. The van der Waals surface area contributed by atoms with Crippen LogP contribution >= 0.6 is 11.8 Å². The molecule has 1 aromatic carbocycles. The van der Waals surface area contributed by atoms with E-state index in [1.165, 1.54) is 0 Å². The highest BCUT2D eigenvalue weighted by Gasteiger charge is 2.32. The van der Waals surface area contributed by atoms with Crippen LogP contribution in [0.1, 0.15) is 30.0 Å². The second kappa shape index (κ2) is 7.29. The lowest BCUT2D eigenvalue weighted by Gasteiger charge is -2.36. The summed E-state index contributed by atoms with van der Waals surface area (Å²) >= 11 is 1.81. The Morgan fingerprint density at radius 1 is 1.38 bits per heavy atom. The minimum atomic E-state index is -0.607. The van der Waals surface area contributed by atoms with Gasteiger partial charge in [0.2, 0.25) is 5.91 Å². The van der Waals surface area contributed by atoms with E-state index in [4.69, 9.17) is 10.5 Å². The van der Waals surface area contributed by atoms with Crippen LogP contribution in [0.2, 0.25) is 0 Å². The number of aryl methyl sites for hydroxylation is 1. The van der Waals surface area contributed by atoms with Crippen LogP contribution in [-0.2, 0) is 9.53 Å². The summed E-state index contributed by atoms with van der Waals surface area (Å²) < 4.78 is 5.49. The molecule has 116 valence electrons. The number of carbonyl (C=O) groups excluding carboxylic acids is 1. The number of nitrogens with one attached hydrogen (secondary N) is 1. The van der Waals surface area contributed by atoms with E-state index in [2.05, 4.69) is 11.6 Å². The molecule has 1 aliphatic rings. The van der Waals surface area contributed by atoms with Crippen LogP contribution in [0.5, 0.6) is 0 Å². The summed E-state index contributed by atoms with van der Waals surface area (Å²) in [5.74, 6) is -0.112. The van der Waals surface area contributed by atoms with Gasteiger partial charge in [0.15, 0.2) is 0 Å². The van der Waals surface area contributed by atoms with Gasteiger partial charge >= 0.3 is 0 Å². The first-order chi connectivity index (χ1) is 10.1. The fourth-order valence-corrected chi connectivity index (χ4v) is 3.27. The van der Waals surface area contributed by atoms with Gasteiger partial charge < -0.3 is 15.8 Å². The van der Waals surface area contributed by atoms with Gasteiger partial charge in [0.25, 0.3) is 0 Å². The number of nitrogens with two attached hydrogens (primary N) is 1. The van der Waals surface area contributed by atoms with Crippen LogP contribution in [0.25, 0.3) is 0 Å². The lowest BCUT2D eigenvalue weighted by atomic mass is 9.98. The largest absolute Gasteiger partial charge is 0.381 e. The summed E-state index contributed by atoms with van der Waals surface area (Å²) in [6.45, 7) is 4.19. The highest BCUT2D eigenvalue weighted by molar-refractivity contribution is 8.00. The molecule has 0 saturated carbocycles. The summed E-state index contributed by atoms with van der Waals surface area (Å²) in [5.41, 5.74) is 8.06. The zero-order valence-corrected chi connectivity index (χ0v) is 13.5. The van der Waals surface area contributed by atoms with E-state index < -0.39 is 6.04 Å². The monoisotopic (exact) mass is 308 g/mol. The van der Waals surface area contributed by atoms with Crippen molar-refractivity contribution >= 4 is 17.7 Å². The van der Waals surface area contributed by atoms with Gasteiger partial charge in [-0.05, 0) is 31.6 Å². The minimum Gasteiger partial charge on any atom is -0.381 e. The van der Waals surface area contributed by atoms with E-state index in [0.717, 1.165) is 37.2 Å². The molecule has 1 unspecified atom stereocenters. The predicted octanol–water partition coefficient (Wildman–Crippen LogP) is 2.02. The molecule has 1 atom stereocenters. The normalized spacial score (nSPS) is 19.0. The molecule has 1 heterocycles. The first-order valence-electron chi connectivity index (χ1n) is 7.29. The van der Waals surface area contributed by atoms with Crippen LogP contribution in [0.4, 0.5) is 0 Å². The molecule has 1 amide bonds. The quantitative estimate of drug-likeness (QED) is 0.873. The van der Waals surface area contributed by atoms with Crippen molar-refractivity contribution in [3.63, 3.8) is 0 Å². The second-order valence-electron chi connectivity index (χ2n) is 5.61. The van der Waals surface area contributed by atoms with Gasteiger partial charge in [0, 0.05) is 24.5 Å². The van der Waals surface area contributed by atoms with Crippen LogP contribution in [0, 0.1) is 6.92 Å². The van der Waals surface area contributed by atoms with E-state index in [-0.39, 0.29) is 10.7 Å². The van der Waals surface area contributed by atoms with Crippen molar-refractivity contribution in [2.75, 3.05) is 26.0 Å². The predicted molar refractivity (Wildman–Crippen MR) is 87.4 cm³/mol. The molecule has 0 spiro atoms. The SMILES string of the molecule is CSC1(CNC(=O)C(N)c2ccc(C)cc2)CCOCC1. The summed E-state index contributed by atoms with van der Waals surface area (Å²) in [6.07, 6.45) is 4.03. The average molecular weight is 308 g/mol. The molecule has 1 aromatic rings.